The minimum atomic E-state index is -3.83. The van der Waals surface area contributed by atoms with Crippen molar-refractivity contribution in [3.05, 3.63) is 107 Å². The second-order valence-electron chi connectivity index (χ2n) is 11.4. The fourth-order valence-corrected chi connectivity index (χ4v) is 7.56. The van der Waals surface area contributed by atoms with Crippen LogP contribution in [0.4, 0.5) is 5.69 Å². The number of carbonyl (C=O) groups is 1. The molecular weight excluding hydrogens is 617 g/mol. The Balaban J connectivity index is 1.20. The smallest absolute Gasteiger partial charge is 0.262 e. The van der Waals surface area contributed by atoms with Gasteiger partial charge in [-0.1, -0.05) is 84.4 Å². The minimum Gasteiger partial charge on any atom is -0.325 e. The number of thioether (sulfide) groups is 1. The summed E-state index contributed by atoms with van der Waals surface area (Å²) in [5, 5.41) is 14.9. The molecule has 0 radical (unpaired) electrons. The van der Waals surface area contributed by atoms with Crippen LogP contribution in [-0.4, -0.2) is 47.2 Å². The molecule has 2 N–H and O–H groups in total. The zero-order valence-corrected chi connectivity index (χ0v) is 27.5. The van der Waals surface area contributed by atoms with Crippen LogP contribution in [0.15, 0.2) is 100.0 Å². The molecule has 11 heteroatoms. The molecule has 46 heavy (non-hydrogen) atoms. The van der Waals surface area contributed by atoms with E-state index < -0.39 is 10.0 Å². The van der Waals surface area contributed by atoms with E-state index in [0.717, 1.165) is 58.2 Å². The van der Waals surface area contributed by atoms with Crippen molar-refractivity contribution in [2.45, 2.75) is 56.0 Å². The Kier molecular flexibility index (Phi) is 9.51. The number of nitrogens with zero attached hydrogens (tertiary/aromatic N) is 4. The number of aliphatic imine (C=N–C) groups is 1. The highest BCUT2D eigenvalue weighted by Crippen LogP contribution is 2.28. The van der Waals surface area contributed by atoms with Gasteiger partial charge in [-0.3, -0.25) is 19.1 Å². The lowest BCUT2D eigenvalue weighted by atomic mass is 10.0. The van der Waals surface area contributed by atoms with Gasteiger partial charge < -0.3 is 5.32 Å². The summed E-state index contributed by atoms with van der Waals surface area (Å²) in [4.78, 5) is 17.6. The Bertz CT molecular complexity index is 2030. The second kappa shape index (κ2) is 13.9. The molecular formula is C35H36N6O3S2. The molecule has 2 heterocycles. The van der Waals surface area contributed by atoms with Crippen LogP contribution in [0.2, 0.25) is 0 Å². The summed E-state index contributed by atoms with van der Waals surface area (Å²) in [6, 6.07) is 27.0. The lowest BCUT2D eigenvalue weighted by Gasteiger charge is -2.14. The number of sulfonamides is 1. The number of benzene rings is 4. The summed E-state index contributed by atoms with van der Waals surface area (Å²) in [5.41, 5.74) is 4.72. The zero-order valence-electron chi connectivity index (χ0n) is 25.9. The Hall–Kier alpha value is -4.48. The number of hydrogen-bond donors (Lipinski definition) is 2. The lowest BCUT2D eigenvalue weighted by Crippen LogP contribution is -2.30. The number of fused-ring (bicyclic) bond motifs is 1. The van der Waals surface area contributed by atoms with Crippen molar-refractivity contribution >= 4 is 50.0 Å². The second-order valence-corrected chi connectivity index (χ2v) is 14.1. The Morgan fingerprint density at radius 1 is 0.913 bits per heavy atom. The van der Waals surface area contributed by atoms with Crippen molar-refractivity contribution in [2.75, 3.05) is 17.6 Å². The fourth-order valence-electron chi connectivity index (χ4n) is 5.66. The predicted octanol–water partition coefficient (Wildman–Crippen LogP) is 6.61. The number of aryl methyl sites for hydroxylation is 2. The van der Waals surface area contributed by atoms with Gasteiger partial charge >= 0.3 is 0 Å². The zero-order chi connectivity index (χ0) is 32.1. The average molecular weight is 653 g/mol. The van der Waals surface area contributed by atoms with Crippen LogP contribution in [0.3, 0.4) is 0 Å². The molecule has 1 aliphatic rings. The molecule has 0 aliphatic carbocycles. The molecule has 236 valence electrons. The van der Waals surface area contributed by atoms with E-state index in [4.69, 9.17) is 0 Å². The van der Waals surface area contributed by atoms with Crippen molar-refractivity contribution in [1.29, 1.82) is 0 Å². The van der Waals surface area contributed by atoms with Gasteiger partial charge in [-0.25, -0.2) is 8.42 Å². The number of carbonyl (C=O) groups excluding carboxylic acids is 1. The summed E-state index contributed by atoms with van der Waals surface area (Å²) in [6.07, 6.45) is 4.05. The number of anilines is 1. The number of amidine groups is 1. The van der Waals surface area contributed by atoms with Crippen LogP contribution in [0.5, 0.6) is 0 Å². The van der Waals surface area contributed by atoms with E-state index in [1.54, 1.807) is 12.1 Å². The number of hydrogen-bond acceptors (Lipinski definition) is 7. The van der Waals surface area contributed by atoms with Gasteiger partial charge in [0.1, 0.15) is 11.7 Å². The molecule has 6 rings (SSSR count). The van der Waals surface area contributed by atoms with Crippen molar-refractivity contribution < 1.29 is 13.2 Å². The third kappa shape index (κ3) is 7.32. The molecule has 0 saturated heterocycles. The van der Waals surface area contributed by atoms with E-state index in [1.807, 2.05) is 16.7 Å². The van der Waals surface area contributed by atoms with Gasteiger partial charge in [0.15, 0.2) is 5.16 Å². The van der Waals surface area contributed by atoms with Crippen LogP contribution in [0, 0.1) is 13.8 Å². The molecule has 1 aliphatic heterocycles. The molecule has 0 saturated carbocycles. The van der Waals surface area contributed by atoms with Crippen LogP contribution in [-0.2, 0) is 21.2 Å². The molecule has 0 spiro atoms. The fraction of sp³-hybridized carbons (Fsp3) is 0.257. The van der Waals surface area contributed by atoms with Gasteiger partial charge in [0.05, 0.1) is 16.3 Å². The van der Waals surface area contributed by atoms with Crippen molar-refractivity contribution in [3.63, 3.8) is 0 Å². The Morgan fingerprint density at radius 3 is 2.61 bits per heavy atom. The molecule has 5 aromatic rings. The van der Waals surface area contributed by atoms with E-state index in [1.165, 1.54) is 23.9 Å². The van der Waals surface area contributed by atoms with Gasteiger partial charge in [0.25, 0.3) is 10.0 Å². The quantitative estimate of drug-likeness (QED) is 0.173. The third-order valence-corrected chi connectivity index (χ3v) is 10.2. The van der Waals surface area contributed by atoms with E-state index in [0.29, 0.717) is 36.1 Å². The highest BCUT2D eigenvalue weighted by molar-refractivity contribution is 7.99. The van der Waals surface area contributed by atoms with E-state index in [2.05, 4.69) is 87.6 Å². The van der Waals surface area contributed by atoms with Crippen molar-refractivity contribution in [2.24, 2.45) is 4.99 Å². The molecule has 4 aromatic carbocycles. The van der Waals surface area contributed by atoms with Gasteiger partial charge in [-0.2, -0.15) is 0 Å². The predicted molar refractivity (Wildman–Crippen MR) is 184 cm³/mol. The van der Waals surface area contributed by atoms with E-state index in [-0.39, 0.29) is 16.6 Å². The SMILES string of the molecule is Cc1ccc(-n2c(Cc3cccc4ccccc34)nnc2SCC(=O)Nc2cccc(S(=O)(=O)NC3=NCCCCC3)c2)c(C)c1. The third-order valence-electron chi connectivity index (χ3n) is 7.91. The molecule has 0 bridgehead atoms. The van der Waals surface area contributed by atoms with Crippen molar-refractivity contribution in [3.8, 4) is 5.69 Å². The number of nitrogens with one attached hydrogen (secondary N) is 2. The van der Waals surface area contributed by atoms with Crippen LogP contribution in [0.1, 0.15) is 48.2 Å². The molecule has 1 aromatic heterocycles. The summed E-state index contributed by atoms with van der Waals surface area (Å²) in [6.45, 7) is 4.73. The van der Waals surface area contributed by atoms with E-state index in [9.17, 15) is 13.2 Å². The topological polar surface area (TPSA) is 118 Å². The first-order valence-corrected chi connectivity index (χ1v) is 17.8. The summed E-state index contributed by atoms with van der Waals surface area (Å²) < 4.78 is 30.8. The Labute approximate surface area is 273 Å². The monoisotopic (exact) mass is 652 g/mol. The van der Waals surface area contributed by atoms with Crippen LogP contribution < -0.4 is 10.0 Å². The van der Waals surface area contributed by atoms with Gasteiger partial charge in [-0.15, -0.1) is 10.2 Å². The van der Waals surface area contributed by atoms with Crippen LogP contribution in [0.25, 0.3) is 16.5 Å². The van der Waals surface area contributed by atoms with Crippen molar-refractivity contribution in [1.82, 2.24) is 19.5 Å². The first-order chi connectivity index (χ1) is 22.3. The maximum atomic E-state index is 13.1. The number of amides is 1. The average Bonchev–Trinajstić information content (AvgIpc) is 3.24. The van der Waals surface area contributed by atoms with Gasteiger partial charge in [0, 0.05) is 25.1 Å². The maximum absolute atomic E-state index is 13.1. The summed E-state index contributed by atoms with van der Waals surface area (Å²) in [5.74, 6) is 1.03. The lowest BCUT2D eigenvalue weighted by molar-refractivity contribution is -0.113. The highest BCUT2D eigenvalue weighted by Gasteiger charge is 2.20. The largest absolute Gasteiger partial charge is 0.325 e. The first kappa shape index (κ1) is 31.5. The maximum Gasteiger partial charge on any atom is 0.262 e. The summed E-state index contributed by atoms with van der Waals surface area (Å²) >= 11 is 1.28. The number of rotatable bonds is 9. The molecule has 1 amide bonds. The minimum absolute atomic E-state index is 0.0589. The molecule has 0 atom stereocenters. The number of aromatic nitrogens is 3. The Morgan fingerprint density at radius 2 is 1.74 bits per heavy atom. The highest BCUT2D eigenvalue weighted by atomic mass is 32.2. The van der Waals surface area contributed by atoms with Gasteiger partial charge in [0.2, 0.25) is 5.91 Å². The standard InChI is InChI=1S/C35H36N6O3S2/c1-24-17-18-31(25(2)20-24)41-33(21-27-12-8-11-26-10-5-6-15-30(26)27)38-39-35(41)45-23-34(42)37-28-13-9-14-29(22-28)46(43,44)40-32-16-4-3-7-19-36-32/h5-6,8-15,17-18,20,22H,3-4,7,16,19,21,23H2,1-2H3,(H,36,40)(H,37,42). The molecule has 0 unspecified atom stereocenters. The normalized spacial score (nSPS) is 13.7. The molecule has 9 nitrogen and oxygen atoms in total. The van der Waals surface area contributed by atoms with Gasteiger partial charge in [-0.05, 0) is 72.9 Å². The first-order valence-electron chi connectivity index (χ1n) is 15.3. The van der Waals surface area contributed by atoms with E-state index >= 15 is 0 Å². The molecule has 0 fully saturated rings. The summed E-state index contributed by atoms with van der Waals surface area (Å²) in [7, 11) is -3.83. The van der Waals surface area contributed by atoms with Crippen LogP contribution >= 0.6 is 11.8 Å².